The summed E-state index contributed by atoms with van der Waals surface area (Å²) < 4.78 is 20.1. The molecule has 2 N–H and O–H groups in total. The molecule has 0 spiro atoms. The average Bonchev–Trinajstić information content (AvgIpc) is 2.81. The molecule has 0 fully saturated rings. The summed E-state index contributed by atoms with van der Waals surface area (Å²) in [4.78, 5) is 0. The molecular formula is C15H10FIN2O. The molecule has 1 heterocycles. The van der Waals surface area contributed by atoms with Gasteiger partial charge in [-0.1, -0.05) is 35.5 Å². The van der Waals surface area contributed by atoms with Crippen LogP contribution in [-0.2, 0) is 0 Å². The van der Waals surface area contributed by atoms with Crippen molar-refractivity contribution < 1.29 is 8.91 Å². The maximum absolute atomic E-state index is 14.0. The molecule has 0 bridgehead atoms. The normalized spacial score (nSPS) is 10.7. The standard InChI is InChI=1S/C15H10FIN2O/c16-12-7-2-1-6-11(12)13-14(19-20-15(13)18)9-4-3-5-10(17)8-9/h1-8H,18H2. The Morgan fingerprint density at radius 3 is 2.65 bits per heavy atom. The van der Waals surface area contributed by atoms with Crippen LogP contribution < -0.4 is 5.73 Å². The van der Waals surface area contributed by atoms with Gasteiger partial charge in [0.15, 0.2) is 0 Å². The quantitative estimate of drug-likeness (QED) is 0.674. The number of anilines is 1. The number of aromatic nitrogens is 1. The lowest BCUT2D eigenvalue weighted by atomic mass is 10.0. The molecule has 0 aliphatic carbocycles. The van der Waals surface area contributed by atoms with Gasteiger partial charge in [0.2, 0.25) is 5.88 Å². The predicted octanol–water partition coefficient (Wildman–Crippen LogP) is 4.33. The van der Waals surface area contributed by atoms with Crippen LogP contribution in [0.5, 0.6) is 0 Å². The molecular weight excluding hydrogens is 370 g/mol. The molecule has 0 saturated carbocycles. The van der Waals surface area contributed by atoms with Gasteiger partial charge in [0.05, 0.1) is 5.56 Å². The van der Waals surface area contributed by atoms with Crippen molar-refractivity contribution in [3.63, 3.8) is 0 Å². The highest BCUT2D eigenvalue weighted by molar-refractivity contribution is 14.1. The summed E-state index contributed by atoms with van der Waals surface area (Å²) in [6.45, 7) is 0. The molecule has 0 amide bonds. The van der Waals surface area contributed by atoms with Crippen molar-refractivity contribution in [2.45, 2.75) is 0 Å². The van der Waals surface area contributed by atoms with Gasteiger partial charge in [0, 0.05) is 14.7 Å². The number of benzene rings is 2. The summed E-state index contributed by atoms with van der Waals surface area (Å²) in [5.41, 5.74) is 8.09. The van der Waals surface area contributed by atoms with Gasteiger partial charge in [-0.25, -0.2) is 4.39 Å². The third-order valence-electron chi connectivity index (χ3n) is 2.96. The van der Waals surface area contributed by atoms with Crippen LogP contribution in [0.25, 0.3) is 22.4 Å². The molecule has 0 aliphatic rings. The lowest BCUT2D eigenvalue weighted by Gasteiger charge is -2.04. The van der Waals surface area contributed by atoms with Gasteiger partial charge in [0.25, 0.3) is 0 Å². The number of rotatable bonds is 2. The fourth-order valence-electron chi connectivity index (χ4n) is 2.06. The van der Waals surface area contributed by atoms with E-state index in [2.05, 4.69) is 27.7 Å². The summed E-state index contributed by atoms with van der Waals surface area (Å²) in [5.74, 6) is -0.238. The highest BCUT2D eigenvalue weighted by Gasteiger charge is 2.19. The molecule has 0 unspecified atom stereocenters. The average molecular weight is 380 g/mol. The number of hydrogen-bond acceptors (Lipinski definition) is 3. The first kappa shape index (κ1) is 13.1. The first-order valence-electron chi connectivity index (χ1n) is 5.93. The Morgan fingerprint density at radius 2 is 1.90 bits per heavy atom. The summed E-state index contributed by atoms with van der Waals surface area (Å²) in [6, 6.07) is 14.2. The van der Waals surface area contributed by atoms with Crippen molar-refractivity contribution in [3.8, 4) is 22.4 Å². The van der Waals surface area contributed by atoms with Crippen LogP contribution in [0.2, 0.25) is 0 Å². The van der Waals surface area contributed by atoms with Crippen molar-refractivity contribution in [1.82, 2.24) is 5.16 Å². The van der Waals surface area contributed by atoms with E-state index in [1.165, 1.54) is 6.07 Å². The maximum atomic E-state index is 14.0. The zero-order valence-electron chi connectivity index (χ0n) is 10.3. The molecule has 1 aromatic heterocycles. The number of halogens is 2. The minimum absolute atomic E-state index is 0.115. The molecule has 3 rings (SSSR count). The molecule has 2 aromatic carbocycles. The van der Waals surface area contributed by atoms with E-state index in [0.29, 0.717) is 16.8 Å². The fourth-order valence-corrected chi connectivity index (χ4v) is 2.60. The second-order valence-electron chi connectivity index (χ2n) is 4.26. The Morgan fingerprint density at radius 1 is 1.10 bits per heavy atom. The van der Waals surface area contributed by atoms with Crippen LogP contribution in [0.3, 0.4) is 0 Å². The summed E-state index contributed by atoms with van der Waals surface area (Å²) in [6.07, 6.45) is 0. The van der Waals surface area contributed by atoms with Gasteiger partial charge >= 0.3 is 0 Å². The minimum atomic E-state index is -0.353. The smallest absolute Gasteiger partial charge is 0.230 e. The van der Waals surface area contributed by atoms with Crippen LogP contribution in [-0.4, -0.2) is 5.16 Å². The topological polar surface area (TPSA) is 52.0 Å². The van der Waals surface area contributed by atoms with E-state index >= 15 is 0 Å². The van der Waals surface area contributed by atoms with E-state index in [9.17, 15) is 4.39 Å². The van der Waals surface area contributed by atoms with Crippen molar-refractivity contribution in [3.05, 3.63) is 57.9 Å². The molecule has 0 aliphatic heterocycles. The molecule has 5 heteroatoms. The SMILES string of the molecule is Nc1onc(-c2cccc(I)c2)c1-c1ccccc1F. The number of nitrogen functional groups attached to an aromatic ring is 1. The number of nitrogens with zero attached hydrogens (tertiary/aromatic N) is 1. The van der Waals surface area contributed by atoms with Gasteiger partial charge in [-0.3, -0.25) is 0 Å². The summed E-state index contributed by atoms with van der Waals surface area (Å²) in [7, 11) is 0. The van der Waals surface area contributed by atoms with Gasteiger partial charge in [0.1, 0.15) is 11.5 Å². The van der Waals surface area contributed by atoms with E-state index in [1.54, 1.807) is 18.2 Å². The van der Waals surface area contributed by atoms with E-state index < -0.39 is 0 Å². The third-order valence-corrected chi connectivity index (χ3v) is 3.63. The van der Waals surface area contributed by atoms with Crippen molar-refractivity contribution in [2.24, 2.45) is 0 Å². The minimum Gasteiger partial charge on any atom is -0.367 e. The van der Waals surface area contributed by atoms with E-state index in [4.69, 9.17) is 10.3 Å². The van der Waals surface area contributed by atoms with Crippen LogP contribution >= 0.6 is 22.6 Å². The third kappa shape index (κ3) is 2.29. The number of hydrogen-bond donors (Lipinski definition) is 1. The predicted molar refractivity (Wildman–Crippen MR) is 84.5 cm³/mol. The van der Waals surface area contributed by atoms with Gasteiger partial charge in [-0.2, -0.15) is 0 Å². The zero-order valence-corrected chi connectivity index (χ0v) is 12.5. The van der Waals surface area contributed by atoms with Gasteiger partial charge < -0.3 is 10.3 Å². The van der Waals surface area contributed by atoms with Gasteiger partial charge in [-0.15, -0.1) is 0 Å². The summed E-state index contributed by atoms with van der Waals surface area (Å²) in [5, 5.41) is 3.97. The lowest BCUT2D eigenvalue weighted by Crippen LogP contribution is -1.90. The van der Waals surface area contributed by atoms with Crippen LogP contribution in [0, 0.1) is 9.39 Å². The Balaban J connectivity index is 2.23. The largest absolute Gasteiger partial charge is 0.367 e. The maximum Gasteiger partial charge on any atom is 0.230 e. The monoisotopic (exact) mass is 380 g/mol. The fraction of sp³-hybridized carbons (Fsp3) is 0. The Hall–Kier alpha value is -1.89. The second-order valence-corrected chi connectivity index (χ2v) is 5.51. The molecule has 0 atom stereocenters. The molecule has 3 aromatic rings. The Labute approximate surface area is 128 Å². The molecule has 3 nitrogen and oxygen atoms in total. The van der Waals surface area contributed by atoms with Crippen LogP contribution in [0.15, 0.2) is 53.1 Å². The molecule has 0 radical (unpaired) electrons. The van der Waals surface area contributed by atoms with Crippen molar-refractivity contribution >= 4 is 28.5 Å². The number of nitrogens with two attached hydrogens (primary N) is 1. The summed E-state index contributed by atoms with van der Waals surface area (Å²) >= 11 is 2.21. The van der Waals surface area contributed by atoms with Crippen LogP contribution in [0.1, 0.15) is 0 Å². The zero-order chi connectivity index (χ0) is 14.1. The van der Waals surface area contributed by atoms with Crippen molar-refractivity contribution in [2.75, 3.05) is 5.73 Å². The second kappa shape index (κ2) is 5.24. The van der Waals surface area contributed by atoms with E-state index in [1.807, 2.05) is 24.3 Å². The van der Waals surface area contributed by atoms with Gasteiger partial charge in [-0.05, 0) is 40.8 Å². The lowest BCUT2D eigenvalue weighted by molar-refractivity contribution is 0.439. The first-order valence-corrected chi connectivity index (χ1v) is 7.00. The Kier molecular flexibility index (Phi) is 3.43. The van der Waals surface area contributed by atoms with Crippen LogP contribution in [0.4, 0.5) is 10.3 Å². The highest BCUT2D eigenvalue weighted by atomic mass is 127. The van der Waals surface area contributed by atoms with E-state index in [-0.39, 0.29) is 11.7 Å². The first-order chi connectivity index (χ1) is 9.66. The molecule has 20 heavy (non-hydrogen) atoms. The van der Waals surface area contributed by atoms with Crippen molar-refractivity contribution in [1.29, 1.82) is 0 Å². The Bertz CT molecular complexity index is 770. The molecule has 100 valence electrons. The molecule has 0 saturated heterocycles. The van der Waals surface area contributed by atoms with E-state index in [0.717, 1.165) is 9.13 Å². The highest BCUT2D eigenvalue weighted by Crippen LogP contribution is 2.37.